The number of hydrogen-bond donors (Lipinski definition) is 3. The molecule has 8 heteroatoms. The average molecular weight is 558 g/mol. The maximum atomic E-state index is 9.95. The molecule has 0 saturated heterocycles. The molecule has 1 aliphatic rings. The second-order valence-corrected chi connectivity index (χ2v) is 9.80. The minimum Gasteiger partial charge on any atom is -0.398 e. The van der Waals surface area contributed by atoms with Gasteiger partial charge in [0.15, 0.2) is 0 Å². The van der Waals surface area contributed by atoms with Crippen LogP contribution in [-0.4, -0.2) is 16.4 Å². The number of aromatic nitrogens is 1. The van der Waals surface area contributed by atoms with E-state index in [0.717, 1.165) is 11.1 Å². The molecule has 7 nitrogen and oxygen atoms in total. The molecular weight excluding hydrogens is 538 g/mol. The van der Waals surface area contributed by atoms with Gasteiger partial charge in [0, 0.05) is 38.9 Å². The van der Waals surface area contributed by atoms with Gasteiger partial charge in [-0.05, 0) is 54.3 Å². The number of rotatable bonds is 3. The van der Waals surface area contributed by atoms with Gasteiger partial charge < -0.3 is 5.73 Å². The molecule has 196 valence electrons. The van der Waals surface area contributed by atoms with Gasteiger partial charge in [0.05, 0.1) is 51.8 Å². The molecule has 0 atom stereocenters. The smallest absolute Gasteiger partial charge is 0.104 e. The van der Waals surface area contributed by atoms with Gasteiger partial charge in [-0.25, -0.2) is 9.38 Å². The molecule has 3 N–H and O–H groups in total. The number of nitrogens with two attached hydrogens (primary N) is 1. The number of thiol groups is 1. The lowest BCUT2D eigenvalue weighted by molar-refractivity contribution is 1.35. The molecule has 4 aromatic carbocycles. The van der Waals surface area contributed by atoms with Crippen LogP contribution in [0.3, 0.4) is 0 Å². The first-order valence-corrected chi connectivity index (χ1v) is 13.2. The SMILES string of the molecule is N#Cc1cc(N)c(-c2ccc3c4c(c(-c5ccccc5C#N)nc3c2)C=C(c2ccccc2)/C(=N/S)C4=N)c(C#N)c1. The molecule has 0 aliphatic heterocycles. The van der Waals surface area contributed by atoms with E-state index in [1.54, 1.807) is 12.1 Å². The van der Waals surface area contributed by atoms with E-state index in [-0.39, 0.29) is 11.3 Å². The first kappa shape index (κ1) is 26.2. The molecular formula is C34H19N7S. The second-order valence-electron chi connectivity index (χ2n) is 9.60. The van der Waals surface area contributed by atoms with Crippen LogP contribution in [0, 0.1) is 39.4 Å². The van der Waals surface area contributed by atoms with E-state index >= 15 is 0 Å². The molecule has 0 radical (unpaired) electrons. The molecule has 0 amide bonds. The summed E-state index contributed by atoms with van der Waals surface area (Å²) in [5.74, 6) is 0. The molecule has 5 aromatic rings. The lowest BCUT2D eigenvalue weighted by Crippen LogP contribution is -2.22. The highest BCUT2D eigenvalue weighted by Gasteiger charge is 2.29. The molecule has 6 rings (SSSR count). The van der Waals surface area contributed by atoms with Crippen molar-refractivity contribution >= 4 is 52.5 Å². The normalized spacial score (nSPS) is 13.1. The Morgan fingerprint density at radius 3 is 2.24 bits per heavy atom. The second kappa shape index (κ2) is 10.5. The van der Waals surface area contributed by atoms with Crippen molar-refractivity contribution in [2.75, 3.05) is 5.73 Å². The fraction of sp³-hybridized carbons (Fsp3) is 0. The van der Waals surface area contributed by atoms with Crippen LogP contribution in [0.25, 0.3) is 44.9 Å². The summed E-state index contributed by atoms with van der Waals surface area (Å²) < 4.78 is 4.21. The number of anilines is 1. The van der Waals surface area contributed by atoms with Crippen LogP contribution in [0.2, 0.25) is 0 Å². The molecule has 0 unspecified atom stereocenters. The zero-order valence-corrected chi connectivity index (χ0v) is 22.8. The predicted octanol–water partition coefficient (Wildman–Crippen LogP) is 6.97. The Hall–Kier alpha value is -6.01. The summed E-state index contributed by atoms with van der Waals surface area (Å²) in [6.07, 6.45) is 1.95. The summed E-state index contributed by atoms with van der Waals surface area (Å²) >= 11 is 4.24. The lowest BCUT2D eigenvalue weighted by Gasteiger charge is -2.24. The number of nitrogens with zero attached hydrogens (tertiary/aromatic N) is 5. The Morgan fingerprint density at radius 2 is 1.52 bits per heavy atom. The largest absolute Gasteiger partial charge is 0.398 e. The van der Waals surface area contributed by atoms with E-state index in [9.17, 15) is 21.2 Å². The quantitative estimate of drug-likeness (QED) is 0.162. The summed E-state index contributed by atoms with van der Waals surface area (Å²) in [6.45, 7) is 0. The van der Waals surface area contributed by atoms with E-state index in [1.807, 2.05) is 72.8 Å². The predicted molar refractivity (Wildman–Crippen MR) is 169 cm³/mol. The van der Waals surface area contributed by atoms with Crippen LogP contribution in [0.5, 0.6) is 0 Å². The van der Waals surface area contributed by atoms with Crippen molar-refractivity contribution in [2.45, 2.75) is 0 Å². The number of hydrogen-bond acceptors (Lipinski definition) is 8. The molecule has 42 heavy (non-hydrogen) atoms. The summed E-state index contributed by atoms with van der Waals surface area (Å²) in [5.41, 5.74) is 14.0. The summed E-state index contributed by atoms with van der Waals surface area (Å²) in [4.78, 5) is 5.06. The molecule has 0 fully saturated rings. The van der Waals surface area contributed by atoms with Crippen molar-refractivity contribution < 1.29 is 0 Å². The Balaban J connectivity index is 1.71. The van der Waals surface area contributed by atoms with Gasteiger partial charge in [-0.2, -0.15) is 15.8 Å². The molecule has 0 spiro atoms. The highest BCUT2D eigenvalue weighted by molar-refractivity contribution is 7.79. The highest BCUT2D eigenvalue weighted by atomic mass is 32.1. The molecule has 0 bridgehead atoms. The first-order valence-electron chi connectivity index (χ1n) is 12.8. The molecule has 1 aromatic heterocycles. The number of benzene rings is 4. The van der Waals surface area contributed by atoms with Gasteiger partial charge in [0.1, 0.15) is 5.71 Å². The maximum absolute atomic E-state index is 9.95. The van der Waals surface area contributed by atoms with Crippen molar-refractivity contribution in [3.05, 3.63) is 118 Å². The van der Waals surface area contributed by atoms with Gasteiger partial charge >= 0.3 is 0 Å². The summed E-state index contributed by atoms with van der Waals surface area (Å²) in [5, 5.41) is 39.1. The molecule has 1 heterocycles. The minimum atomic E-state index is 0.174. The number of allylic oxidation sites excluding steroid dienone is 1. The third-order valence-corrected chi connectivity index (χ3v) is 7.45. The van der Waals surface area contributed by atoms with Crippen LogP contribution >= 0.6 is 12.8 Å². The summed E-state index contributed by atoms with van der Waals surface area (Å²) in [6, 6.07) is 31.8. The topological polar surface area (TPSA) is 146 Å². The molecule has 0 saturated carbocycles. The van der Waals surface area contributed by atoms with E-state index in [2.05, 4.69) is 29.4 Å². The van der Waals surface area contributed by atoms with Crippen LogP contribution < -0.4 is 5.73 Å². The van der Waals surface area contributed by atoms with Gasteiger partial charge in [-0.1, -0.05) is 60.7 Å². The monoisotopic (exact) mass is 557 g/mol. The van der Waals surface area contributed by atoms with Crippen molar-refractivity contribution in [3.63, 3.8) is 0 Å². The zero-order valence-electron chi connectivity index (χ0n) is 21.9. The standard InChI is InChI=1S/C34H19N7S/c35-16-19-12-23(18-37)30(28(38)13-19)21-10-11-25-29(14-21)40-33(24-9-5-4-8-22(24)17-36)27-15-26(20-6-2-1-3-7-20)34(41-42)32(39)31(25)27/h1-15,39,42H,38H2/b39-32?,41-34-. The third-order valence-electron chi connectivity index (χ3n) is 7.25. The van der Waals surface area contributed by atoms with E-state index in [4.69, 9.17) is 10.7 Å². The van der Waals surface area contributed by atoms with Gasteiger partial charge in [-0.15, -0.1) is 0 Å². The maximum Gasteiger partial charge on any atom is 0.104 e. The van der Waals surface area contributed by atoms with Crippen molar-refractivity contribution in [1.82, 2.24) is 4.98 Å². The number of nitrogens with one attached hydrogen (secondary N) is 1. The Labute approximate surface area is 247 Å². The fourth-order valence-corrected chi connectivity index (χ4v) is 5.59. The Bertz CT molecular complexity index is 2160. The number of nitrogen functional groups attached to an aromatic ring is 1. The fourth-order valence-electron chi connectivity index (χ4n) is 5.38. The highest BCUT2D eigenvalue weighted by Crippen LogP contribution is 2.41. The average Bonchev–Trinajstić information content (AvgIpc) is 3.03. The van der Waals surface area contributed by atoms with Crippen LogP contribution in [0.4, 0.5) is 5.69 Å². The van der Waals surface area contributed by atoms with Crippen LogP contribution in [0.15, 0.2) is 89.3 Å². The number of pyridine rings is 1. The van der Waals surface area contributed by atoms with Crippen LogP contribution in [-0.2, 0) is 0 Å². The van der Waals surface area contributed by atoms with E-state index in [1.165, 1.54) is 12.1 Å². The zero-order chi connectivity index (χ0) is 29.4. The number of fused-ring (bicyclic) bond motifs is 3. The first-order chi connectivity index (χ1) is 20.5. The van der Waals surface area contributed by atoms with E-state index in [0.29, 0.717) is 66.9 Å². The van der Waals surface area contributed by atoms with Gasteiger partial charge in [0.25, 0.3) is 0 Å². The number of nitriles is 3. The third kappa shape index (κ3) is 4.19. The minimum absolute atomic E-state index is 0.174. The Morgan fingerprint density at radius 1 is 0.786 bits per heavy atom. The van der Waals surface area contributed by atoms with Crippen molar-refractivity contribution in [2.24, 2.45) is 4.40 Å². The van der Waals surface area contributed by atoms with Crippen molar-refractivity contribution in [3.8, 4) is 40.6 Å². The van der Waals surface area contributed by atoms with Crippen molar-refractivity contribution in [1.29, 1.82) is 21.2 Å². The van der Waals surface area contributed by atoms with Crippen LogP contribution in [0.1, 0.15) is 33.4 Å². The lowest BCUT2D eigenvalue weighted by atomic mass is 9.81. The van der Waals surface area contributed by atoms with E-state index < -0.39 is 0 Å². The van der Waals surface area contributed by atoms with Gasteiger partial charge in [0.2, 0.25) is 0 Å². The summed E-state index contributed by atoms with van der Waals surface area (Å²) in [7, 11) is 0. The van der Waals surface area contributed by atoms with Gasteiger partial charge in [-0.3, -0.25) is 5.41 Å². The Kier molecular flexibility index (Phi) is 6.57. The molecule has 1 aliphatic carbocycles.